The number of aromatic carboxylic acids is 1. The summed E-state index contributed by atoms with van der Waals surface area (Å²) in [6, 6.07) is 4.65. The van der Waals surface area contributed by atoms with E-state index in [0.29, 0.717) is 5.56 Å². The lowest BCUT2D eigenvalue weighted by atomic mass is 10.2. The minimum absolute atomic E-state index is 0.0748. The summed E-state index contributed by atoms with van der Waals surface area (Å²) in [7, 11) is 0. The monoisotopic (exact) mass is 292 g/mol. The van der Waals surface area contributed by atoms with Gasteiger partial charge in [0.25, 0.3) is 5.69 Å². The van der Waals surface area contributed by atoms with Crippen LogP contribution in [-0.4, -0.2) is 21.0 Å². The quantitative estimate of drug-likeness (QED) is 0.686. The van der Waals surface area contributed by atoms with Crippen LogP contribution in [0.3, 0.4) is 0 Å². The fraction of sp³-hybridized carbons (Fsp3) is 0.0769. The molecule has 0 aliphatic rings. The lowest BCUT2D eigenvalue weighted by Gasteiger charge is -2.09. The van der Waals surface area contributed by atoms with E-state index in [-0.39, 0.29) is 17.3 Å². The van der Waals surface area contributed by atoms with Crippen molar-refractivity contribution in [3.8, 4) is 11.6 Å². The van der Waals surface area contributed by atoms with Gasteiger partial charge in [-0.25, -0.2) is 14.2 Å². The molecule has 21 heavy (non-hydrogen) atoms. The van der Waals surface area contributed by atoms with Crippen LogP contribution in [0.5, 0.6) is 11.6 Å². The summed E-state index contributed by atoms with van der Waals surface area (Å²) in [6.45, 7) is 1.63. The molecule has 0 amide bonds. The number of aryl methyl sites for hydroxylation is 1. The highest BCUT2D eigenvalue weighted by atomic mass is 19.1. The fourth-order valence-corrected chi connectivity index (χ4v) is 1.58. The number of pyridine rings is 1. The van der Waals surface area contributed by atoms with Gasteiger partial charge in [0, 0.05) is 6.07 Å². The molecule has 8 heteroatoms. The molecule has 0 spiro atoms. The van der Waals surface area contributed by atoms with Gasteiger partial charge in [0.05, 0.1) is 17.2 Å². The Hall–Kier alpha value is -3.03. The number of benzene rings is 1. The molecule has 0 saturated heterocycles. The van der Waals surface area contributed by atoms with Crippen molar-refractivity contribution in [1.29, 1.82) is 0 Å². The number of non-ortho nitro benzene ring substituents is 1. The number of nitrogens with zero attached hydrogens (tertiary/aromatic N) is 2. The number of rotatable bonds is 4. The molecule has 1 aromatic carbocycles. The maximum atomic E-state index is 13.0. The van der Waals surface area contributed by atoms with Gasteiger partial charge in [-0.05, 0) is 24.6 Å². The topological polar surface area (TPSA) is 103 Å². The summed E-state index contributed by atoms with van der Waals surface area (Å²) in [5, 5.41) is 19.7. The van der Waals surface area contributed by atoms with E-state index in [1.165, 1.54) is 12.1 Å². The molecule has 0 unspecified atom stereocenters. The molecule has 1 N–H and O–H groups in total. The second-order valence-corrected chi connectivity index (χ2v) is 4.12. The first-order valence-corrected chi connectivity index (χ1v) is 5.70. The molecular formula is C13H9FN2O5. The molecule has 0 bridgehead atoms. The van der Waals surface area contributed by atoms with Gasteiger partial charge in [-0.1, -0.05) is 0 Å². The number of halogens is 1. The lowest BCUT2D eigenvalue weighted by Crippen LogP contribution is -2.03. The van der Waals surface area contributed by atoms with Crippen LogP contribution in [0.15, 0.2) is 30.5 Å². The molecule has 2 rings (SSSR count). The largest absolute Gasteiger partial charge is 0.477 e. The molecule has 0 aliphatic carbocycles. The van der Waals surface area contributed by atoms with Crippen molar-refractivity contribution in [2.45, 2.75) is 6.92 Å². The molecule has 0 atom stereocenters. The molecule has 0 aliphatic heterocycles. The van der Waals surface area contributed by atoms with Crippen molar-refractivity contribution in [3.05, 3.63) is 57.5 Å². The second-order valence-electron chi connectivity index (χ2n) is 4.12. The van der Waals surface area contributed by atoms with E-state index >= 15 is 0 Å². The van der Waals surface area contributed by atoms with Crippen LogP contribution in [-0.2, 0) is 0 Å². The van der Waals surface area contributed by atoms with Gasteiger partial charge >= 0.3 is 5.97 Å². The minimum Gasteiger partial charge on any atom is -0.477 e. The number of nitro groups is 1. The van der Waals surface area contributed by atoms with Crippen molar-refractivity contribution in [2.24, 2.45) is 0 Å². The maximum Gasteiger partial charge on any atom is 0.341 e. The number of carboxylic acid groups (broad SMARTS) is 1. The number of aromatic nitrogens is 1. The second kappa shape index (κ2) is 5.53. The summed E-state index contributed by atoms with van der Waals surface area (Å²) in [5.41, 5.74) is -0.140. The molecule has 2 aromatic rings. The third-order valence-electron chi connectivity index (χ3n) is 2.64. The van der Waals surface area contributed by atoms with E-state index in [9.17, 15) is 19.3 Å². The summed E-state index contributed by atoms with van der Waals surface area (Å²) >= 11 is 0. The van der Waals surface area contributed by atoms with Crippen LogP contribution in [0, 0.1) is 22.9 Å². The van der Waals surface area contributed by atoms with Gasteiger partial charge in [-0.2, -0.15) is 0 Å². The average molecular weight is 292 g/mol. The molecule has 108 valence electrons. The zero-order valence-electron chi connectivity index (χ0n) is 10.7. The van der Waals surface area contributed by atoms with Gasteiger partial charge in [-0.15, -0.1) is 0 Å². The fourth-order valence-electron chi connectivity index (χ4n) is 1.58. The van der Waals surface area contributed by atoms with Gasteiger partial charge in [0.1, 0.15) is 17.1 Å². The Kier molecular flexibility index (Phi) is 3.79. The van der Waals surface area contributed by atoms with Crippen LogP contribution in [0.25, 0.3) is 0 Å². The molecule has 7 nitrogen and oxygen atoms in total. The highest BCUT2D eigenvalue weighted by Gasteiger charge is 2.17. The molecule has 0 saturated carbocycles. The Morgan fingerprint density at radius 1 is 1.43 bits per heavy atom. The predicted octanol–water partition coefficient (Wildman–Crippen LogP) is 2.93. The first-order chi connectivity index (χ1) is 9.88. The van der Waals surface area contributed by atoms with Crippen molar-refractivity contribution in [1.82, 2.24) is 4.98 Å². The normalized spacial score (nSPS) is 10.2. The Bertz CT molecular complexity index is 732. The number of carboxylic acids is 1. The highest BCUT2D eigenvalue weighted by Crippen LogP contribution is 2.29. The third kappa shape index (κ3) is 3.11. The number of carbonyl (C=O) groups is 1. The molecule has 0 radical (unpaired) electrons. The van der Waals surface area contributed by atoms with Gasteiger partial charge < -0.3 is 9.84 Å². The smallest absolute Gasteiger partial charge is 0.341 e. The van der Waals surface area contributed by atoms with Crippen LogP contribution in [0.4, 0.5) is 10.1 Å². The van der Waals surface area contributed by atoms with Crippen molar-refractivity contribution in [3.63, 3.8) is 0 Å². The number of ether oxygens (including phenoxy) is 1. The van der Waals surface area contributed by atoms with E-state index in [1.807, 2.05) is 0 Å². The summed E-state index contributed by atoms with van der Waals surface area (Å²) < 4.78 is 18.3. The number of nitro benzene ring substituents is 1. The zero-order chi connectivity index (χ0) is 15.6. The Labute approximate surface area is 117 Å². The standard InChI is InChI=1S/C13H9FN2O5/c1-7-2-3-9(16(19)20)5-11(7)21-12-10(13(17)18)4-8(14)6-15-12/h2-6H,1H3,(H,17,18). The number of hydrogen-bond donors (Lipinski definition) is 1. The van der Waals surface area contributed by atoms with E-state index in [2.05, 4.69) is 4.98 Å². The summed E-state index contributed by atoms with van der Waals surface area (Å²) in [6.07, 6.45) is 0.800. The summed E-state index contributed by atoms with van der Waals surface area (Å²) in [4.78, 5) is 24.7. The van der Waals surface area contributed by atoms with Crippen LogP contribution >= 0.6 is 0 Å². The van der Waals surface area contributed by atoms with E-state index in [0.717, 1.165) is 18.3 Å². The Balaban J connectivity index is 2.45. The third-order valence-corrected chi connectivity index (χ3v) is 2.64. The lowest BCUT2D eigenvalue weighted by molar-refractivity contribution is -0.384. The van der Waals surface area contributed by atoms with Crippen molar-refractivity contribution in [2.75, 3.05) is 0 Å². The molecule has 0 fully saturated rings. The summed E-state index contributed by atoms with van der Waals surface area (Å²) in [5.74, 6) is -2.51. The average Bonchev–Trinajstić information content (AvgIpc) is 2.42. The first-order valence-electron chi connectivity index (χ1n) is 5.70. The van der Waals surface area contributed by atoms with Gasteiger partial charge in [-0.3, -0.25) is 10.1 Å². The predicted molar refractivity (Wildman–Crippen MR) is 69.1 cm³/mol. The van der Waals surface area contributed by atoms with Crippen LogP contribution in [0.1, 0.15) is 15.9 Å². The maximum absolute atomic E-state index is 13.0. The SMILES string of the molecule is Cc1ccc([N+](=O)[O-])cc1Oc1ncc(F)cc1C(=O)O. The van der Waals surface area contributed by atoms with Crippen molar-refractivity contribution < 1.29 is 24.0 Å². The first kappa shape index (κ1) is 14.4. The minimum atomic E-state index is -1.42. The Morgan fingerprint density at radius 2 is 2.14 bits per heavy atom. The van der Waals surface area contributed by atoms with E-state index in [4.69, 9.17) is 9.84 Å². The highest BCUT2D eigenvalue weighted by molar-refractivity contribution is 5.90. The molecule has 1 heterocycles. The molecule has 1 aromatic heterocycles. The van der Waals surface area contributed by atoms with Crippen molar-refractivity contribution >= 4 is 11.7 Å². The van der Waals surface area contributed by atoms with E-state index in [1.54, 1.807) is 6.92 Å². The Morgan fingerprint density at radius 3 is 2.76 bits per heavy atom. The van der Waals surface area contributed by atoms with E-state index < -0.39 is 22.3 Å². The van der Waals surface area contributed by atoms with Crippen LogP contribution in [0.2, 0.25) is 0 Å². The van der Waals surface area contributed by atoms with Crippen LogP contribution < -0.4 is 4.74 Å². The van der Waals surface area contributed by atoms with Gasteiger partial charge in [0.15, 0.2) is 0 Å². The zero-order valence-corrected chi connectivity index (χ0v) is 10.7. The molecular weight excluding hydrogens is 283 g/mol. The van der Waals surface area contributed by atoms with Gasteiger partial charge in [0.2, 0.25) is 5.88 Å². The number of hydrogen-bond acceptors (Lipinski definition) is 5.